The summed E-state index contributed by atoms with van der Waals surface area (Å²) in [4.78, 5) is 8.84. The molecule has 0 radical (unpaired) electrons. The van der Waals surface area contributed by atoms with Gasteiger partial charge >= 0.3 is 0 Å². The fourth-order valence-corrected chi connectivity index (χ4v) is 2.52. The molecule has 0 spiro atoms. The molecule has 0 aliphatic rings. The van der Waals surface area contributed by atoms with Gasteiger partial charge in [0.1, 0.15) is 5.01 Å². The molecule has 2 rings (SSSR count). The Kier molecular flexibility index (Phi) is 7.10. The van der Waals surface area contributed by atoms with E-state index >= 15 is 0 Å². The summed E-state index contributed by atoms with van der Waals surface area (Å²) in [6.07, 6.45) is 0. The number of nitrogens with two attached hydrogens (primary N) is 1. The van der Waals surface area contributed by atoms with Crippen LogP contribution in [0.25, 0.3) is 0 Å². The number of hydrogen-bond acceptors (Lipinski definition) is 3. The van der Waals surface area contributed by atoms with E-state index < -0.39 is 0 Å². The van der Waals surface area contributed by atoms with E-state index in [0.717, 1.165) is 16.4 Å². The van der Waals surface area contributed by atoms with E-state index in [1.165, 1.54) is 5.56 Å². The Morgan fingerprint density at radius 2 is 2.00 bits per heavy atom. The van der Waals surface area contributed by atoms with Crippen molar-refractivity contribution in [3.05, 3.63) is 45.9 Å². The van der Waals surface area contributed by atoms with Crippen molar-refractivity contribution in [3.63, 3.8) is 0 Å². The van der Waals surface area contributed by atoms with Crippen LogP contribution in [-0.2, 0) is 6.54 Å². The van der Waals surface area contributed by atoms with E-state index in [2.05, 4.69) is 41.4 Å². The van der Waals surface area contributed by atoms with Crippen LogP contribution in [0.15, 0.2) is 34.6 Å². The second kappa shape index (κ2) is 8.33. The number of anilines is 1. The predicted molar refractivity (Wildman–Crippen MR) is 102 cm³/mol. The Labute approximate surface area is 146 Å². The van der Waals surface area contributed by atoms with Crippen LogP contribution >= 0.6 is 35.3 Å². The first-order chi connectivity index (χ1) is 9.54. The van der Waals surface area contributed by atoms with E-state index in [9.17, 15) is 0 Å². The van der Waals surface area contributed by atoms with Crippen molar-refractivity contribution >= 4 is 47.0 Å². The third kappa shape index (κ3) is 5.62. The maximum atomic E-state index is 5.87. The normalized spacial score (nSPS) is 11.3. The fourth-order valence-electron chi connectivity index (χ4n) is 1.64. The molecular formula is C15H21IN4S. The van der Waals surface area contributed by atoms with Crippen LogP contribution in [0.1, 0.15) is 36.0 Å². The third-order valence-corrected chi connectivity index (χ3v) is 3.72. The zero-order valence-corrected chi connectivity index (χ0v) is 15.6. The van der Waals surface area contributed by atoms with Crippen LogP contribution in [0, 0.1) is 6.92 Å². The van der Waals surface area contributed by atoms with E-state index in [0.29, 0.717) is 18.4 Å². The lowest BCUT2D eigenvalue weighted by atomic mass is 10.2. The number of aliphatic imine (C=N–C) groups is 1. The SMILES string of the molecule is Cc1ccc(NC(N)=NCc2nc(C(C)C)cs2)cc1.I. The van der Waals surface area contributed by atoms with Crippen molar-refractivity contribution in [2.45, 2.75) is 33.2 Å². The minimum Gasteiger partial charge on any atom is -0.370 e. The summed E-state index contributed by atoms with van der Waals surface area (Å²) in [6.45, 7) is 6.84. The molecule has 0 amide bonds. The Bertz CT molecular complexity index is 590. The summed E-state index contributed by atoms with van der Waals surface area (Å²) in [5, 5.41) is 6.14. The zero-order valence-electron chi connectivity index (χ0n) is 12.5. The molecule has 0 aliphatic heterocycles. The van der Waals surface area contributed by atoms with Crippen molar-refractivity contribution in [3.8, 4) is 0 Å². The lowest BCUT2D eigenvalue weighted by molar-refractivity contribution is 0.821. The van der Waals surface area contributed by atoms with Gasteiger partial charge in [0, 0.05) is 11.1 Å². The monoisotopic (exact) mass is 416 g/mol. The van der Waals surface area contributed by atoms with Crippen LogP contribution in [0.5, 0.6) is 0 Å². The van der Waals surface area contributed by atoms with Crippen LogP contribution in [0.3, 0.4) is 0 Å². The highest BCUT2D eigenvalue weighted by molar-refractivity contribution is 14.0. The van der Waals surface area contributed by atoms with Gasteiger partial charge in [0.05, 0.1) is 12.2 Å². The van der Waals surface area contributed by atoms with Gasteiger partial charge in [0.2, 0.25) is 0 Å². The highest BCUT2D eigenvalue weighted by atomic mass is 127. The van der Waals surface area contributed by atoms with Crippen LogP contribution in [0.2, 0.25) is 0 Å². The summed E-state index contributed by atoms with van der Waals surface area (Å²) < 4.78 is 0. The number of halogens is 1. The molecule has 0 unspecified atom stereocenters. The van der Waals surface area contributed by atoms with E-state index in [4.69, 9.17) is 5.73 Å². The number of guanidine groups is 1. The molecule has 0 saturated heterocycles. The van der Waals surface area contributed by atoms with Crippen LogP contribution in [-0.4, -0.2) is 10.9 Å². The molecule has 4 nitrogen and oxygen atoms in total. The lowest BCUT2D eigenvalue weighted by Crippen LogP contribution is -2.22. The summed E-state index contributed by atoms with van der Waals surface area (Å²) in [7, 11) is 0. The lowest BCUT2D eigenvalue weighted by Gasteiger charge is -2.05. The number of rotatable bonds is 4. The molecule has 0 fully saturated rings. The van der Waals surface area contributed by atoms with E-state index in [1.807, 2.05) is 24.3 Å². The van der Waals surface area contributed by atoms with Gasteiger partial charge in [-0.3, -0.25) is 0 Å². The first-order valence-electron chi connectivity index (χ1n) is 6.62. The Balaban J connectivity index is 0.00000220. The van der Waals surface area contributed by atoms with Gasteiger partial charge in [-0.25, -0.2) is 9.98 Å². The molecule has 0 aliphatic carbocycles. The average Bonchev–Trinajstić information content (AvgIpc) is 2.88. The molecule has 1 heterocycles. The molecule has 114 valence electrons. The zero-order chi connectivity index (χ0) is 14.5. The van der Waals surface area contributed by atoms with Crippen molar-refractivity contribution in [1.82, 2.24) is 4.98 Å². The Morgan fingerprint density at radius 3 is 2.57 bits per heavy atom. The Morgan fingerprint density at radius 1 is 1.33 bits per heavy atom. The molecular weight excluding hydrogens is 395 g/mol. The summed E-state index contributed by atoms with van der Waals surface area (Å²) in [5.41, 5.74) is 9.15. The smallest absolute Gasteiger partial charge is 0.193 e. The van der Waals surface area contributed by atoms with Gasteiger partial charge in [-0.05, 0) is 25.0 Å². The second-order valence-corrected chi connectivity index (χ2v) is 5.96. The second-order valence-electron chi connectivity index (χ2n) is 5.01. The number of aryl methyl sites for hydroxylation is 1. The number of hydrogen-bond donors (Lipinski definition) is 2. The molecule has 2 aromatic rings. The molecule has 1 aromatic heterocycles. The molecule has 0 atom stereocenters. The van der Waals surface area contributed by atoms with Crippen molar-refractivity contribution in [1.29, 1.82) is 0 Å². The maximum Gasteiger partial charge on any atom is 0.193 e. The third-order valence-electron chi connectivity index (χ3n) is 2.87. The number of benzene rings is 1. The molecule has 21 heavy (non-hydrogen) atoms. The average molecular weight is 416 g/mol. The number of thiazole rings is 1. The van der Waals surface area contributed by atoms with Gasteiger partial charge in [-0.2, -0.15) is 0 Å². The molecule has 6 heteroatoms. The maximum absolute atomic E-state index is 5.87. The Hall–Kier alpha value is -1.15. The highest BCUT2D eigenvalue weighted by Gasteiger charge is 2.05. The summed E-state index contributed by atoms with van der Waals surface area (Å²) >= 11 is 1.63. The van der Waals surface area contributed by atoms with E-state index in [-0.39, 0.29) is 24.0 Å². The van der Waals surface area contributed by atoms with Gasteiger partial charge in [0.15, 0.2) is 5.96 Å². The van der Waals surface area contributed by atoms with Gasteiger partial charge in [-0.15, -0.1) is 35.3 Å². The largest absolute Gasteiger partial charge is 0.370 e. The van der Waals surface area contributed by atoms with Crippen molar-refractivity contribution in [2.24, 2.45) is 10.7 Å². The minimum atomic E-state index is 0. The molecule has 1 aromatic carbocycles. The van der Waals surface area contributed by atoms with Crippen molar-refractivity contribution < 1.29 is 0 Å². The van der Waals surface area contributed by atoms with Crippen LogP contribution in [0.4, 0.5) is 5.69 Å². The van der Waals surface area contributed by atoms with Gasteiger partial charge in [0.25, 0.3) is 0 Å². The molecule has 3 N–H and O–H groups in total. The summed E-state index contributed by atoms with van der Waals surface area (Å²) in [6, 6.07) is 8.03. The van der Waals surface area contributed by atoms with Gasteiger partial charge < -0.3 is 11.1 Å². The highest BCUT2D eigenvalue weighted by Crippen LogP contribution is 2.18. The predicted octanol–water partition coefficient (Wildman–Crippen LogP) is 4.12. The quantitative estimate of drug-likeness (QED) is 0.448. The number of nitrogens with zero attached hydrogens (tertiary/aromatic N) is 2. The number of aromatic nitrogens is 1. The molecule has 0 saturated carbocycles. The topological polar surface area (TPSA) is 63.3 Å². The number of nitrogens with one attached hydrogen (secondary N) is 1. The molecule has 0 bridgehead atoms. The van der Waals surface area contributed by atoms with E-state index in [1.54, 1.807) is 11.3 Å². The first kappa shape index (κ1) is 17.9. The van der Waals surface area contributed by atoms with Gasteiger partial charge in [-0.1, -0.05) is 31.5 Å². The van der Waals surface area contributed by atoms with Crippen LogP contribution < -0.4 is 11.1 Å². The first-order valence-corrected chi connectivity index (χ1v) is 7.50. The standard InChI is InChI=1S/C15H20N4S.HI/c1-10(2)13-9-20-14(19-13)8-17-15(16)18-12-6-4-11(3)5-7-12;/h4-7,9-10H,8H2,1-3H3,(H3,16,17,18);1H. The fraction of sp³-hybridized carbons (Fsp3) is 0.333. The van der Waals surface area contributed by atoms with Crippen molar-refractivity contribution in [2.75, 3.05) is 5.32 Å². The minimum absolute atomic E-state index is 0. The summed E-state index contributed by atoms with van der Waals surface area (Å²) in [5.74, 6) is 0.863.